The molecule has 1 atom stereocenters. The van der Waals surface area contributed by atoms with E-state index in [1.807, 2.05) is 48.5 Å². The van der Waals surface area contributed by atoms with Gasteiger partial charge in [-0.05, 0) is 42.0 Å². The summed E-state index contributed by atoms with van der Waals surface area (Å²) < 4.78 is 11.1. The van der Waals surface area contributed by atoms with Crippen LogP contribution in [0.4, 0.5) is 5.69 Å². The standard InChI is InChI=1S/C23H19NO5/c25-18-12-10-17(11-13-18)23(27)29-15-22(26)24-19-8-4-5-9-21(19)28-14-20(24)16-6-2-1-3-7-16/h1-13,20,25H,14-15H2/t20-/m0/s1. The molecular formula is C23H19NO5. The number of ether oxygens (including phenoxy) is 2. The minimum absolute atomic E-state index is 0.0493. The van der Waals surface area contributed by atoms with Crippen LogP contribution in [0.25, 0.3) is 0 Å². The highest BCUT2D eigenvalue weighted by molar-refractivity contribution is 5.99. The SMILES string of the molecule is O=C(OCC(=O)N1c2ccccc2OC[C@H]1c1ccccc1)c1ccc(O)cc1. The van der Waals surface area contributed by atoms with E-state index in [1.165, 1.54) is 24.3 Å². The Hall–Kier alpha value is -3.80. The van der Waals surface area contributed by atoms with Crippen molar-refractivity contribution in [3.05, 3.63) is 90.0 Å². The minimum atomic E-state index is -0.629. The number of phenols is 1. The van der Waals surface area contributed by atoms with E-state index in [-0.39, 0.29) is 23.3 Å². The van der Waals surface area contributed by atoms with Gasteiger partial charge < -0.3 is 14.6 Å². The Bertz CT molecular complexity index is 1020. The molecule has 29 heavy (non-hydrogen) atoms. The summed E-state index contributed by atoms with van der Waals surface area (Å²) in [6, 6.07) is 22.2. The molecule has 0 spiro atoms. The Balaban J connectivity index is 1.56. The molecule has 1 aliphatic heterocycles. The van der Waals surface area contributed by atoms with Gasteiger partial charge in [0.1, 0.15) is 18.1 Å². The fourth-order valence-electron chi connectivity index (χ4n) is 3.30. The van der Waals surface area contributed by atoms with Crippen molar-refractivity contribution >= 4 is 17.6 Å². The molecule has 146 valence electrons. The van der Waals surface area contributed by atoms with Crippen molar-refractivity contribution in [1.29, 1.82) is 0 Å². The molecule has 0 aromatic heterocycles. The number of esters is 1. The quantitative estimate of drug-likeness (QED) is 0.689. The molecule has 1 amide bonds. The predicted octanol–water partition coefficient (Wildman–Crippen LogP) is 3.72. The highest BCUT2D eigenvalue weighted by Gasteiger charge is 2.33. The number of benzene rings is 3. The highest BCUT2D eigenvalue weighted by Crippen LogP contribution is 2.39. The maximum absolute atomic E-state index is 13.1. The average molecular weight is 389 g/mol. The first-order valence-corrected chi connectivity index (χ1v) is 9.18. The van der Waals surface area contributed by atoms with Crippen LogP contribution in [-0.2, 0) is 9.53 Å². The van der Waals surface area contributed by atoms with E-state index in [2.05, 4.69) is 0 Å². The molecule has 0 unspecified atom stereocenters. The number of hydrogen-bond donors (Lipinski definition) is 1. The number of carbonyl (C=O) groups excluding carboxylic acids is 2. The number of carbonyl (C=O) groups is 2. The molecular weight excluding hydrogens is 370 g/mol. The molecule has 0 saturated heterocycles. The first-order valence-electron chi connectivity index (χ1n) is 9.18. The topological polar surface area (TPSA) is 76.1 Å². The van der Waals surface area contributed by atoms with Crippen LogP contribution in [0, 0.1) is 0 Å². The summed E-state index contributed by atoms with van der Waals surface area (Å²) in [6.07, 6.45) is 0. The largest absolute Gasteiger partial charge is 0.508 e. The Morgan fingerprint density at radius 2 is 1.66 bits per heavy atom. The Kier molecular flexibility index (Phi) is 5.16. The Morgan fingerprint density at radius 1 is 0.966 bits per heavy atom. The predicted molar refractivity (Wildman–Crippen MR) is 107 cm³/mol. The highest BCUT2D eigenvalue weighted by atomic mass is 16.5. The number of hydrogen-bond acceptors (Lipinski definition) is 5. The molecule has 3 aromatic rings. The number of rotatable bonds is 4. The fraction of sp³-hybridized carbons (Fsp3) is 0.130. The van der Waals surface area contributed by atoms with Crippen molar-refractivity contribution in [3.8, 4) is 11.5 Å². The van der Waals surface area contributed by atoms with E-state index in [0.717, 1.165) is 5.56 Å². The average Bonchev–Trinajstić information content (AvgIpc) is 2.77. The van der Waals surface area contributed by atoms with E-state index in [4.69, 9.17) is 9.47 Å². The second-order valence-electron chi connectivity index (χ2n) is 6.59. The van der Waals surface area contributed by atoms with Crippen molar-refractivity contribution in [2.24, 2.45) is 0 Å². The van der Waals surface area contributed by atoms with Gasteiger partial charge in [0.15, 0.2) is 6.61 Å². The lowest BCUT2D eigenvalue weighted by Gasteiger charge is -2.37. The van der Waals surface area contributed by atoms with E-state index in [0.29, 0.717) is 18.0 Å². The van der Waals surface area contributed by atoms with Gasteiger partial charge >= 0.3 is 5.97 Å². The monoisotopic (exact) mass is 389 g/mol. The van der Waals surface area contributed by atoms with Crippen molar-refractivity contribution in [3.63, 3.8) is 0 Å². The second-order valence-corrected chi connectivity index (χ2v) is 6.59. The first kappa shape index (κ1) is 18.6. The smallest absolute Gasteiger partial charge is 0.338 e. The van der Waals surface area contributed by atoms with Gasteiger partial charge in [0.2, 0.25) is 0 Å². The molecule has 6 heteroatoms. The van der Waals surface area contributed by atoms with E-state index < -0.39 is 12.6 Å². The van der Waals surface area contributed by atoms with Crippen LogP contribution in [0.2, 0.25) is 0 Å². The number of amides is 1. The summed E-state index contributed by atoms with van der Waals surface area (Å²) in [5, 5.41) is 9.33. The van der Waals surface area contributed by atoms with E-state index in [9.17, 15) is 14.7 Å². The van der Waals surface area contributed by atoms with Gasteiger partial charge in [-0.25, -0.2) is 4.79 Å². The normalized spacial score (nSPS) is 15.2. The van der Waals surface area contributed by atoms with Gasteiger partial charge in [-0.1, -0.05) is 42.5 Å². The van der Waals surface area contributed by atoms with E-state index >= 15 is 0 Å². The Labute approximate surface area is 167 Å². The van der Waals surface area contributed by atoms with Gasteiger partial charge in [0.05, 0.1) is 17.3 Å². The molecule has 4 rings (SSSR count). The molecule has 1 N–H and O–H groups in total. The number of anilines is 1. The molecule has 0 aliphatic carbocycles. The Morgan fingerprint density at radius 3 is 2.41 bits per heavy atom. The van der Waals surface area contributed by atoms with Crippen LogP contribution in [0.5, 0.6) is 11.5 Å². The maximum atomic E-state index is 13.1. The van der Waals surface area contributed by atoms with Gasteiger partial charge in [-0.2, -0.15) is 0 Å². The molecule has 0 saturated carbocycles. The maximum Gasteiger partial charge on any atom is 0.338 e. The molecule has 6 nitrogen and oxygen atoms in total. The molecule has 1 aliphatic rings. The third-order valence-electron chi connectivity index (χ3n) is 4.72. The van der Waals surface area contributed by atoms with Gasteiger partial charge in [-0.15, -0.1) is 0 Å². The fourth-order valence-corrected chi connectivity index (χ4v) is 3.30. The number of fused-ring (bicyclic) bond motifs is 1. The third kappa shape index (κ3) is 3.91. The van der Waals surface area contributed by atoms with Crippen molar-refractivity contribution < 1.29 is 24.2 Å². The molecule has 0 bridgehead atoms. The number of phenolic OH excluding ortho intramolecular Hbond substituents is 1. The van der Waals surface area contributed by atoms with Crippen LogP contribution < -0.4 is 9.64 Å². The lowest BCUT2D eigenvalue weighted by Crippen LogP contribution is -2.43. The zero-order valence-corrected chi connectivity index (χ0v) is 15.5. The number of nitrogens with zero attached hydrogens (tertiary/aromatic N) is 1. The molecule has 0 fully saturated rings. The van der Waals surface area contributed by atoms with Gasteiger partial charge in [0, 0.05) is 0 Å². The summed E-state index contributed by atoms with van der Waals surface area (Å²) in [5.74, 6) is -0.316. The zero-order valence-electron chi connectivity index (χ0n) is 15.5. The van der Waals surface area contributed by atoms with Crippen LogP contribution in [-0.4, -0.2) is 30.2 Å². The summed E-state index contributed by atoms with van der Waals surface area (Å²) in [7, 11) is 0. The molecule has 0 radical (unpaired) electrons. The third-order valence-corrected chi connectivity index (χ3v) is 4.72. The lowest BCUT2D eigenvalue weighted by atomic mass is 10.0. The summed E-state index contributed by atoms with van der Waals surface area (Å²) in [4.78, 5) is 27.0. The minimum Gasteiger partial charge on any atom is -0.508 e. The summed E-state index contributed by atoms with van der Waals surface area (Å²) in [5.41, 5.74) is 1.83. The second kappa shape index (κ2) is 8.06. The van der Waals surface area contributed by atoms with Crippen molar-refractivity contribution in [2.45, 2.75) is 6.04 Å². The molecule has 3 aromatic carbocycles. The lowest BCUT2D eigenvalue weighted by molar-refractivity contribution is -0.122. The van der Waals surface area contributed by atoms with Gasteiger partial charge in [0.25, 0.3) is 5.91 Å². The van der Waals surface area contributed by atoms with E-state index in [1.54, 1.807) is 11.0 Å². The molecule has 1 heterocycles. The van der Waals surface area contributed by atoms with Crippen molar-refractivity contribution in [1.82, 2.24) is 0 Å². The van der Waals surface area contributed by atoms with Crippen molar-refractivity contribution in [2.75, 3.05) is 18.1 Å². The summed E-state index contributed by atoms with van der Waals surface area (Å²) in [6.45, 7) is -0.101. The first-order chi connectivity index (χ1) is 14.1. The van der Waals surface area contributed by atoms with Crippen LogP contribution >= 0.6 is 0 Å². The zero-order chi connectivity index (χ0) is 20.2. The summed E-state index contributed by atoms with van der Waals surface area (Å²) >= 11 is 0. The number of para-hydroxylation sites is 2. The van der Waals surface area contributed by atoms with Crippen LogP contribution in [0.1, 0.15) is 22.0 Å². The number of aromatic hydroxyl groups is 1. The van der Waals surface area contributed by atoms with Crippen LogP contribution in [0.15, 0.2) is 78.9 Å². The van der Waals surface area contributed by atoms with Crippen LogP contribution in [0.3, 0.4) is 0 Å². The van der Waals surface area contributed by atoms with Gasteiger partial charge in [-0.3, -0.25) is 9.69 Å².